The van der Waals surface area contributed by atoms with Crippen molar-refractivity contribution in [2.45, 2.75) is 32.7 Å². The average Bonchev–Trinajstić information content (AvgIpc) is 2.66. The molecule has 1 heterocycles. The Hall–Kier alpha value is -3.18. The van der Waals surface area contributed by atoms with Gasteiger partial charge < -0.3 is 15.2 Å². The number of rotatable bonds is 7. The number of halogens is 1. The second-order valence-corrected chi connectivity index (χ2v) is 7.50. The summed E-state index contributed by atoms with van der Waals surface area (Å²) in [6, 6.07) is 8.27. The van der Waals surface area contributed by atoms with Crippen LogP contribution in [0.3, 0.4) is 0 Å². The summed E-state index contributed by atoms with van der Waals surface area (Å²) >= 11 is 0. The summed E-state index contributed by atoms with van der Waals surface area (Å²) < 4.78 is 25.0. The highest BCUT2D eigenvalue weighted by atomic mass is 19.1. The molecule has 7 nitrogen and oxygen atoms in total. The fourth-order valence-electron chi connectivity index (χ4n) is 3.05. The monoisotopic (exact) mass is 400 g/mol. The second-order valence-electron chi connectivity index (χ2n) is 7.50. The molecule has 2 aromatic rings. The third kappa shape index (κ3) is 5.90. The molecule has 1 aromatic carbocycles. The van der Waals surface area contributed by atoms with Crippen LogP contribution < -0.4 is 15.8 Å². The van der Waals surface area contributed by atoms with Gasteiger partial charge in [0.25, 0.3) is 0 Å². The van der Waals surface area contributed by atoms with E-state index in [1.165, 1.54) is 25.4 Å². The Morgan fingerprint density at radius 2 is 2.14 bits per heavy atom. The van der Waals surface area contributed by atoms with E-state index >= 15 is 0 Å². The first-order valence-corrected chi connectivity index (χ1v) is 9.12. The molecule has 0 aliphatic carbocycles. The maximum atomic E-state index is 14.8. The van der Waals surface area contributed by atoms with E-state index < -0.39 is 17.4 Å². The summed E-state index contributed by atoms with van der Waals surface area (Å²) in [5, 5.41) is 11.7. The molecule has 3 N–H and O–H groups in total. The number of aromatic nitrogens is 1. The minimum absolute atomic E-state index is 0.179. The molecule has 29 heavy (non-hydrogen) atoms. The number of pyridine rings is 1. The van der Waals surface area contributed by atoms with E-state index in [-0.39, 0.29) is 23.6 Å². The molecule has 2 rings (SSSR count). The molecule has 0 aliphatic rings. The molecule has 0 spiro atoms. The first-order valence-electron chi connectivity index (χ1n) is 9.12. The van der Waals surface area contributed by atoms with Crippen molar-refractivity contribution in [2.75, 3.05) is 19.0 Å². The average molecular weight is 400 g/mol. The molecule has 0 saturated heterocycles. The van der Waals surface area contributed by atoms with E-state index in [2.05, 4.69) is 35.0 Å². The number of nitriles is 1. The Morgan fingerprint density at radius 3 is 2.76 bits per heavy atom. The topological polar surface area (TPSA) is 110 Å². The number of amides is 1. The van der Waals surface area contributed by atoms with Crippen molar-refractivity contribution >= 4 is 11.9 Å². The summed E-state index contributed by atoms with van der Waals surface area (Å²) in [4.78, 5) is 15.1. The van der Waals surface area contributed by atoms with Gasteiger partial charge in [0.15, 0.2) is 11.6 Å². The van der Waals surface area contributed by atoms with Gasteiger partial charge in [0.05, 0.1) is 12.7 Å². The molecule has 0 radical (unpaired) electrons. The van der Waals surface area contributed by atoms with Crippen LogP contribution in [0, 0.1) is 23.1 Å². The lowest BCUT2D eigenvalue weighted by molar-refractivity contribution is 0.186. The van der Waals surface area contributed by atoms with Crippen LogP contribution in [0.2, 0.25) is 0 Å². The van der Waals surface area contributed by atoms with Gasteiger partial charge in [0, 0.05) is 17.3 Å². The van der Waals surface area contributed by atoms with Crippen LogP contribution in [0.4, 0.5) is 15.0 Å². The minimum Gasteiger partial charge on any atom is -0.490 e. The van der Waals surface area contributed by atoms with Gasteiger partial charge in [0.2, 0.25) is 0 Å². The van der Waals surface area contributed by atoms with E-state index in [0.29, 0.717) is 17.2 Å². The number of ether oxygens (including phenoxy) is 2. The number of hydrogen-bond donors (Lipinski definition) is 2. The Morgan fingerprint density at radius 1 is 1.41 bits per heavy atom. The third-order valence-electron chi connectivity index (χ3n) is 4.14. The normalized spacial score (nSPS) is 12.8. The maximum absolute atomic E-state index is 14.8. The van der Waals surface area contributed by atoms with Crippen LogP contribution in [-0.4, -0.2) is 30.3 Å². The summed E-state index contributed by atoms with van der Waals surface area (Å²) in [5.74, 6) is -0.212. The minimum atomic E-state index is -0.832. The molecule has 1 aromatic heterocycles. The van der Waals surface area contributed by atoms with Crippen molar-refractivity contribution in [1.82, 2.24) is 4.98 Å². The van der Waals surface area contributed by atoms with Gasteiger partial charge in [-0.2, -0.15) is 5.26 Å². The number of anilines is 1. The molecule has 0 fully saturated rings. The van der Waals surface area contributed by atoms with E-state index in [4.69, 9.17) is 10.5 Å². The number of hydrogen-bond acceptors (Lipinski definition) is 6. The number of methoxy groups -OCH3 is 1. The number of nitrogens with one attached hydrogen (secondary N) is 1. The molecule has 0 bridgehead atoms. The lowest BCUT2D eigenvalue weighted by Crippen LogP contribution is -2.43. The zero-order valence-electron chi connectivity index (χ0n) is 17.0. The van der Waals surface area contributed by atoms with Gasteiger partial charge in [-0.1, -0.05) is 19.9 Å². The van der Waals surface area contributed by atoms with Crippen LogP contribution in [0.15, 0.2) is 30.5 Å². The molecule has 154 valence electrons. The number of benzene rings is 1. The molecule has 0 aliphatic heterocycles. The molecule has 0 unspecified atom stereocenters. The number of nitrogens with two attached hydrogens (primary N) is 1. The third-order valence-corrected chi connectivity index (χ3v) is 4.14. The van der Waals surface area contributed by atoms with E-state index in [1.807, 2.05) is 6.92 Å². The highest BCUT2D eigenvalue weighted by molar-refractivity contribution is 5.84. The highest BCUT2D eigenvalue weighted by Crippen LogP contribution is 2.30. The van der Waals surface area contributed by atoms with Crippen LogP contribution in [0.25, 0.3) is 11.1 Å². The smallest absolute Gasteiger partial charge is 0.412 e. The second kappa shape index (κ2) is 9.34. The molecule has 1 atom stereocenters. The maximum Gasteiger partial charge on any atom is 0.412 e. The Balaban J connectivity index is 2.28. The molecular formula is C21H25FN4O3. The SMILES string of the molecule is COC(=O)Nc1nccc(-c2ccc(OC[C@@](C)(N)CC(C)C)c(C#N)c2)c1F. The molecule has 0 saturated carbocycles. The van der Waals surface area contributed by atoms with Crippen LogP contribution in [0.5, 0.6) is 5.75 Å². The van der Waals surface area contributed by atoms with Gasteiger partial charge in [-0.15, -0.1) is 0 Å². The van der Waals surface area contributed by atoms with Gasteiger partial charge in [0.1, 0.15) is 18.4 Å². The first kappa shape index (κ1) is 22.1. The van der Waals surface area contributed by atoms with E-state index in [1.54, 1.807) is 12.1 Å². The lowest BCUT2D eigenvalue weighted by Gasteiger charge is -2.26. The molecule has 1 amide bonds. The first-order chi connectivity index (χ1) is 13.7. The predicted octanol–water partition coefficient (Wildman–Crippen LogP) is 4.08. The number of carbonyl (C=O) groups excluding carboxylic acids is 1. The fraction of sp³-hybridized carbons (Fsp3) is 0.381. The standard InChI is InChI=1S/C21H25FN4O3/c1-13(2)10-21(3,24)12-29-17-6-5-14(9-15(17)11-23)16-7-8-25-19(18(16)22)26-20(27)28-4/h5-9,13H,10,12,24H2,1-4H3,(H,25,26,27)/t21-/m0/s1. The van der Waals surface area contributed by atoms with Crippen LogP contribution >= 0.6 is 0 Å². The number of nitrogens with zero attached hydrogens (tertiary/aromatic N) is 2. The van der Waals surface area contributed by atoms with Crippen molar-refractivity contribution in [2.24, 2.45) is 11.7 Å². The molecule has 8 heteroatoms. The largest absolute Gasteiger partial charge is 0.490 e. The van der Waals surface area contributed by atoms with Gasteiger partial charge in [-0.3, -0.25) is 5.32 Å². The fourth-order valence-corrected chi connectivity index (χ4v) is 3.05. The van der Waals surface area contributed by atoms with E-state index in [9.17, 15) is 14.4 Å². The van der Waals surface area contributed by atoms with Gasteiger partial charge in [-0.25, -0.2) is 14.2 Å². The molecular weight excluding hydrogens is 375 g/mol. The predicted molar refractivity (Wildman–Crippen MR) is 108 cm³/mol. The summed E-state index contributed by atoms with van der Waals surface area (Å²) in [6.45, 7) is 6.30. The van der Waals surface area contributed by atoms with Crippen molar-refractivity contribution in [1.29, 1.82) is 5.26 Å². The zero-order valence-corrected chi connectivity index (χ0v) is 17.0. The van der Waals surface area contributed by atoms with Gasteiger partial charge >= 0.3 is 6.09 Å². The highest BCUT2D eigenvalue weighted by Gasteiger charge is 2.22. The van der Waals surface area contributed by atoms with Crippen LogP contribution in [0.1, 0.15) is 32.8 Å². The lowest BCUT2D eigenvalue weighted by atomic mass is 9.93. The summed E-state index contributed by atoms with van der Waals surface area (Å²) in [6.07, 6.45) is 1.29. The van der Waals surface area contributed by atoms with Crippen molar-refractivity contribution in [3.63, 3.8) is 0 Å². The van der Waals surface area contributed by atoms with Crippen molar-refractivity contribution < 1.29 is 18.7 Å². The Labute approximate surface area is 169 Å². The van der Waals surface area contributed by atoms with Crippen molar-refractivity contribution in [3.8, 4) is 22.9 Å². The summed E-state index contributed by atoms with van der Waals surface area (Å²) in [7, 11) is 1.17. The van der Waals surface area contributed by atoms with Crippen molar-refractivity contribution in [3.05, 3.63) is 41.8 Å². The number of carbonyl (C=O) groups is 1. The zero-order chi connectivity index (χ0) is 21.6. The summed E-state index contributed by atoms with van der Waals surface area (Å²) in [5.41, 5.74) is 6.59. The van der Waals surface area contributed by atoms with Gasteiger partial charge in [-0.05, 0) is 43.0 Å². The Bertz CT molecular complexity index is 923. The quantitative estimate of drug-likeness (QED) is 0.725. The van der Waals surface area contributed by atoms with Crippen LogP contribution in [-0.2, 0) is 4.74 Å². The van der Waals surface area contributed by atoms with E-state index in [0.717, 1.165) is 6.42 Å². The Kier molecular flexibility index (Phi) is 7.13.